The Morgan fingerprint density at radius 3 is 2.95 bits per heavy atom. The van der Waals surface area contributed by atoms with Crippen molar-refractivity contribution < 1.29 is 4.79 Å². The minimum Gasteiger partial charge on any atom is -0.342 e. The Morgan fingerprint density at radius 1 is 1.35 bits per heavy atom. The Bertz CT molecular complexity index is 686. The normalized spacial score (nSPS) is 19.4. The number of benzene rings is 1. The number of piperidine rings is 1. The number of aromatic amines is 2. The first-order chi connectivity index (χ1) is 9.61. The van der Waals surface area contributed by atoms with E-state index in [1.807, 2.05) is 23.1 Å². The van der Waals surface area contributed by atoms with Gasteiger partial charge in [-0.15, -0.1) is 0 Å². The first-order valence-electron chi connectivity index (χ1n) is 7.10. The third-order valence-corrected chi connectivity index (χ3v) is 3.95. The standard InChI is InChI=1S/C15H19N3O2/c1-10-3-2-6-18(9-10)14(19)8-11-4-5-12-13(7-11)17-15(20)16-12/h4-5,7,10H,2-3,6,8-9H2,1H3,(H2,16,17,20). The maximum Gasteiger partial charge on any atom is 0.323 e. The molecule has 0 bridgehead atoms. The molecular formula is C15H19N3O2. The highest BCUT2D eigenvalue weighted by molar-refractivity contribution is 5.81. The molecule has 1 fully saturated rings. The van der Waals surface area contributed by atoms with Gasteiger partial charge in [0.15, 0.2) is 0 Å². The van der Waals surface area contributed by atoms with Gasteiger partial charge in [-0.2, -0.15) is 0 Å². The van der Waals surface area contributed by atoms with Crippen molar-refractivity contribution in [1.29, 1.82) is 0 Å². The summed E-state index contributed by atoms with van der Waals surface area (Å²) >= 11 is 0. The van der Waals surface area contributed by atoms with Gasteiger partial charge in [-0.05, 0) is 36.5 Å². The van der Waals surface area contributed by atoms with Gasteiger partial charge in [0.05, 0.1) is 17.5 Å². The molecule has 1 amide bonds. The highest BCUT2D eigenvalue weighted by Crippen LogP contribution is 2.17. The van der Waals surface area contributed by atoms with Crippen LogP contribution in [0.2, 0.25) is 0 Å². The molecule has 1 saturated heterocycles. The number of carbonyl (C=O) groups excluding carboxylic acids is 1. The lowest BCUT2D eigenvalue weighted by atomic mass is 9.99. The van der Waals surface area contributed by atoms with Crippen LogP contribution in [0.1, 0.15) is 25.3 Å². The van der Waals surface area contributed by atoms with E-state index in [1.54, 1.807) is 0 Å². The fraction of sp³-hybridized carbons (Fsp3) is 0.467. The molecule has 0 radical (unpaired) electrons. The average molecular weight is 273 g/mol. The molecule has 5 nitrogen and oxygen atoms in total. The first kappa shape index (κ1) is 13.0. The highest BCUT2D eigenvalue weighted by atomic mass is 16.2. The minimum absolute atomic E-state index is 0.175. The number of nitrogens with one attached hydrogen (secondary N) is 2. The fourth-order valence-corrected chi connectivity index (χ4v) is 2.89. The van der Waals surface area contributed by atoms with Crippen LogP contribution >= 0.6 is 0 Å². The number of carbonyl (C=O) groups is 1. The maximum absolute atomic E-state index is 12.3. The minimum atomic E-state index is -0.215. The largest absolute Gasteiger partial charge is 0.342 e. The topological polar surface area (TPSA) is 69.0 Å². The molecule has 1 atom stereocenters. The van der Waals surface area contributed by atoms with E-state index < -0.39 is 0 Å². The number of aromatic nitrogens is 2. The average Bonchev–Trinajstić information content (AvgIpc) is 2.78. The van der Waals surface area contributed by atoms with Crippen LogP contribution in [0.5, 0.6) is 0 Å². The second kappa shape index (κ2) is 5.15. The summed E-state index contributed by atoms with van der Waals surface area (Å²) in [4.78, 5) is 30.9. The van der Waals surface area contributed by atoms with E-state index in [2.05, 4.69) is 16.9 Å². The molecule has 0 saturated carbocycles. The zero-order valence-corrected chi connectivity index (χ0v) is 11.6. The number of rotatable bonds is 2. The number of nitrogens with zero attached hydrogens (tertiary/aromatic N) is 1. The van der Waals surface area contributed by atoms with Gasteiger partial charge in [0.2, 0.25) is 5.91 Å². The van der Waals surface area contributed by atoms with Crippen LogP contribution < -0.4 is 5.69 Å². The second-order valence-electron chi connectivity index (χ2n) is 5.72. The van der Waals surface area contributed by atoms with Crippen LogP contribution in [0, 0.1) is 5.92 Å². The van der Waals surface area contributed by atoms with E-state index in [9.17, 15) is 9.59 Å². The van der Waals surface area contributed by atoms with Crippen molar-refractivity contribution in [2.45, 2.75) is 26.2 Å². The molecule has 1 aromatic carbocycles. The van der Waals surface area contributed by atoms with Crippen LogP contribution in [0.15, 0.2) is 23.0 Å². The summed E-state index contributed by atoms with van der Waals surface area (Å²) in [5.41, 5.74) is 2.26. The molecule has 106 valence electrons. The summed E-state index contributed by atoms with van der Waals surface area (Å²) in [5, 5.41) is 0. The molecule has 5 heteroatoms. The Kier molecular flexibility index (Phi) is 3.34. The molecule has 1 unspecified atom stereocenters. The number of H-pyrrole nitrogens is 2. The first-order valence-corrected chi connectivity index (χ1v) is 7.10. The van der Waals surface area contributed by atoms with Gasteiger partial charge in [-0.3, -0.25) is 4.79 Å². The van der Waals surface area contributed by atoms with Crippen molar-refractivity contribution in [3.8, 4) is 0 Å². The summed E-state index contributed by atoms with van der Waals surface area (Å²) in [6, 6.07) is 5.62. The molecule has 2 heterocycles. The van der Waals surface area contributed by atoms with Crippen molar-refractivity contribution in [1.82, 2.24) is 14.9 Å². The maximum atomic E-state index is 12.3. The molecular weight excluding hydrogens is 254 g/mol. The number of amides is 1. The van der Waals surface area contributed by atoms with Crippen molar-refractivity contribution in [2.24, 2.45) is 5.92 Å². The van der Waals surface area contributed by atoms with E-state index in [4.69, 9.17) is 0 Å². The lowest BCUT2D eigenvalue weighted by molar-refractivity contribution is -0.132. The van der Waals surface area contributed by atoms with E-state index in [1.165, 1.54) is 6.42 Å². The molecule has 2 N–H and O–H groups in total. The second-order valence-corrected chi connectivity index (χ2v) is 5.72. The van der Waals surface area contributed by atoms with Crippen LogP contribution in [0.3, 0.4) is 0 Å². The summed E-state index contributed by atoms with van der Waals surface area (Å²) in [6.45, 7) is 3.92. The zero-order chi connectivity index (χ0) is 14.1. The Hall–Kier alpha value is -2.04. The van der Waals surface area contributed by atoms with Gasteiger partial charge in [-0.25, -0.2) is 4.79 Å². The van der Waals surface area contributed by atoms with Crippen molar-refractivity contribution in [3.05, 3.63) is 34.2 Å². The van der Waals surface area contributed by atoms with Gasteiger partial charge in [0, 0.05) is 13.1 Å². The van der Waals surface area contributed by atoms with E-state index >= 15 is 0 Å². The molecule has 20 heavy (non-hydrogen) atoms. The van der Waals surface area contributed by atoms with Gasteiger partial charge >= 0.3 is 5.69 Å². The Labute approximate surface area is 117 Å². The molecule has 0 aliphatic carbocycles. The molecule has 2 aromatic rings. The zero-order valence-electron chi connectivity index (χ0n) is 11.6. The number of hydrogen-bond donors (Lipinski definition) is 2. The number of imidazole rings is 1. The third-order valence-electron chi connectivity index (χ3n) is 3.95. The molecule has 3 rings (SSSR count). The third kappa shape index (κ3) is 2.61. The summed E-state index contributed by atoms with van der Waals surface area (Å²) in [7, 11) is 0. The van der Waals surface area contributed by atoms with Crippen LogP contribution in [0.4, 0.5) is 0 Å². The lowest BCUT2D eigenvalue weighted by Gasteiger charge is -2.31. The molecule has 0 spiro atoms. The summed E-state index contributed by atoms with van der Waals surface area (Å²) in [6.07, 6.45) is 2.70. The smallest absolute Gasteiger partial charge is 0.323 e. The summed E-state index contributed by atoms with van der Waals surface area (Å²) < 4.78 is 0. The highest BCUT2D eigenvalue weighted by Gasteiger charge is 2.20. The quantitative estimate of drug-likeness (QED) is 0.873. The monoisotopic (exact) mass is 273 g/mol. The lowest BCUT2D eigenvalue weighted by Crippen LogP contribution is -2.39. The molecule has 1 aromatic heterocycles. The van der Waals surface area contributed by atoms with Crippen LogP contribution in [0.25, 0.3) is 11.0 Å². The fourth-order valence-electron chi connectivity index (χ4n) is 2.89. The Morgan fingerprint density at radius 2 is 2.15 bits per heavy atom. The van der Waals surface area contributed by atoms with Gasteiger partial charge in [0.25, 0.3) is 0 Å². The number of likely N-dealkylation sites (tertiary alicyclic amines) is 1. The van der Waals surface area contributed by atoms with Crippen molar-refractivity contribution in [3.63, 3.8) is 0 Å². The van der Waals surface area contributed by atoms with E-state index in [0.29, 0.717) is 12.3 Å². The number of hydrogen-bond acceptors (Lipinski definition) is 2. The molecule has 1 aliphatic rings. The number of fused-ring (bicyclic) bond motifs is 1. The van der Waals surface area contributed by atoms with Crippen LogP contribution in [-0.4, -0.2) is 33.9 Å². The Balaban J connectivity index is 1.74. The van der Waals surface area contributed by atoms with Crippen molar-refractivity contribution in [2.75, 3.05) is 13.1 Å². The predicted molar refractivity (Wildman–Crippen MR) is 77.6 cm³/mol. The van der Waals surface area contributed by atoms with E-state index in [-0.39, 0.29) is 11.6 Å². The van der Waals surface area contributed by atoms with E-state index in [0.717, 1.165) is 36.1 Å². The van der Waals surface area contributed by atoms with Gasteiger partial charge in [-0.1, -0.05) is 13.0 Å². The van der Waals surface area contributed by atoms with Gasteiger partial charge < -0.3 is 14.9 Å². The molecule has 1 aliphatic heterocycles. The van der Waals surface area contributed by atoms with Gasteiger partial charge in [0.1, 0.15) is 0 Å². The predicted octanol–water partition coefficient (Wildman–Crippen LogP) is 1.66. The summed E-state index contributed by atoms with van der Waals surface area (Å²) in [5.74, 6) is 0.769. The van der Waals surface area contributed by atoms with Crippen LogP contribution in [-0.2, 0) is 11.2 Å². The SMILES string of the molecule is CC1CCCN(C(=O)Cc2ccc3[nH]c(=O)[nH]c3c2)C1. The van der Waals surface area contributed by atoms with Crippen molar-refractivity contribution >= 4 is 16.9 Å².